The Balaban J connectivity index is 2.64. The lowest BCUT2D eigenvalue weighted by molar-refractivity contribution is 0.127. The van der Waals surface area contributed by atoms with Gasteiger partial charge in [-0.2, -0.15) is 0 Å². The highest BCUT2D eigenvalue weighted by molar-refractivity contribution is 6.30. The van der Waals surface area contributed by atoms with Gasteiger partial charge in [0.2, 0.25) is 0 Å². The Morgan fingerprint density at radius 3 is 2.18 bits per heavy atom. The van der Waals surface area contributed by atoms with Crippen molar-refractivity contribution in [2.45, 2.75) is 6.10 Å². The quantitative estimate of drug-likeness (QED) is 0.804. The summed E-state index contributed by atoms with van der Waals surface area (Å²) in [5, 5.41) is 10.7. The number of nitrogens with zero attached hydrogens (tertiary/aromatic N) is 1. The number of aliphatic hydroxyl groups excluding tert-OH is 1. The highest BCUT2D eigenvalue weighted by atomic mass is 35.5. The second-order valence-corrected chi connectivity index (χ2v) is 4.08. The van der Waals surface area contributed by atoms with Gasteiger partial charge in [0.05, 0.1) is 19.2 Å². The monoisotopic (exact) mass is 247 g/mol. The van der Waals surface area contributed by atoms with Crippen LogP contribution in [0.1, 0.15) is 11.7 Å². The van der Waals surface area contributed by atoms with Gasteiger partial charge in [-0.3, -0.25) is 4.90 Å². The van der Waals surface area contributed by atoms with E-state index in [9.17, 15) is 5.11 Å². The first-order valence-corrected chi connectivity index (χ1v) is 5.58. The lowest BCUT2D eigenvalue weighted by Gasteiger charge is -2.21. The molecule has 1 rings (SSSR count). The van der Waals surface area contributed by atoms with Crippen LogP contribution in [0, 0.1) is 24.7 Å². The van der Waals surface area contributed by atoms with Crippen LogP contribution < -0.4 is 0 Å². The molecule has 2 nitrogen and oxygen atoms in total. The minimum atomic E-state index is -0.617. The zero-order chi connectivity index (χ0) is 12.7. The van der Waals surface area contributed by atoms with Gasteiger partial charge in [0.15, 0.2) is 0 Å². The lowest BCUT2D eigenvalue weighted by atomic mass is 10.1. The molecule has 0 aliphatic heterocycles. The van der Waals surface area contributed by atoms with Gasteiger partial charge >= 0.3 is 0 Å². The van der Waals surface area contributed by atoms with Crippen LogP contribution in [0.3, 0.4) is 0 Å². The number of rotatable bonds is 5. The van der Waals surface area contributed by atoms with Crippen LogP contribution in [-0.2, 0) is 0 Å². The molecule has 0 aliphatic rings. The van der Waals surface area contributed by atoms with Crippen molar-refractivity contribution in [3.63, 3.8) is 0 Å². The van der Waals surface area contributed by atoms with Crippen molar-refractivity contribution in [1.82, 2.24) is 4.90 Å². The normalized spacial score (nSPS) is 11.8. The van der Waals surface area contributed by atoms with Crippen LogP contribution in [0.15, 0.2) is 24.3 Å². The maximum atomic E-state index is 10.0. The van der Waals surface area contributed by atoms with Crippen molar-refractivity contribution in [3.8, 4) is 24.7 Å². The maximum absolute atomic E-state index is 10.0. The molecular formula is C14H14ClNO. The summed E-state index contributed by atoms with van der Waals surface area (Å²) in [4.78, 5) is 1.83. The Bertz CT molecular complexity index is 411. The van der Waals surface area contributed by atoms with Gasteiger partial charge in [0, 0.05) is 11.6 Å². The smallest absolute Gasteiger partial charge is 0.0917 e. The molecule has 1 atom stereocenters. The summed E-state index contributed by atoms with van der Waals surface area (Å²) in [6, 6.07) is 7.06. The van der Waals surface area contributed by atoms with E-state index < -0.39 is 6.10 Å². The molecule has 0 fully saturated rings. The SMILES string of the molecule is C#CCN(CC#C)CC(O)c1ccc(Cl)cc1. The topological polar surface area (TPSA) is 23.5 Å². The van der Waals surface area contributed by atoms with Crippen LogP contribution in [0.2, 0.25) is 5.02 Å². The number of hydrogen-bond donors (Lipinski definition) is 1. The molecule has 1 N–H and O–H groups in total. The van der Waals surface area contributed by atoms with Crippen molar-refractivity contribution < 1.29 is 5.11 Å². The molecule has 17 heavy (non-hydrogen) atoms. The maximum Gasteiger partial charge on any atom is 0.0917 e. The largest absolute Gasteiger partial charge is 0.387 e. The Kier molecular flexibility index (Phi) is 5.60. The molecule has 1 aromatic rings. The molecule has 0 aliphatic carbocycles. The first-order chi connectivity index (χ1) is 8.17. The predicted octanol–water partition coefficient (Wildman–Crippen LogP) is 1.94. The standard InChI is InChI=1S/C14H14ClNO/c1-3-9-16(10-4-2)11-14(17)12-5-7-13(15)8-6-12/h1-2,5-8,14,17H,9-11H2. The molecule has 0 amide bonds. The number of terminal acetylenes is 2. The molecule has 1 unspecified atom stereocenters. The third-order valence-electron chi connectivity index (χ3n) is 2.32. The van der Waals surface area contributed by atoms with Crippen LogP contribution in [0.5, 0.6) is 0 Å². The summed E-state index contributed by atoms with van der Waals surface area (Å²) in [6.45, 7) is 1.26. The molecule has 0 saturated heterocycles. The van der Waals surface area contributed by atoms with Gasteiger partial charge in [-0.05, 0) is 17.7 Å². The van der Waals surface area contributed by atoms with E-state index in [2.05, 4.69) is 11.8 Å². The Morgan fingerprint density at radius 1 is 1.18 bits per heavy atom. The van der Waals surface area contributed by atoms with Gasteiger partial charge in [0.1, 0.15) is 0 Å². The summed E-state index contributed by atoms with van der Waals surface area (Å²) in [5.74, 6) is 5.03. The van der Waals surface area contributed by atoms with E-state index >= 15 is 0 Å². The van der Waals surface area contributed by atoms with Crippen LogP contribution in [0.4, 0.5) is 0 Å². The number of aliphatic hydroxyl groups is 1. The van der Waals surface area contributed by atoms with E-state index in [1.54, 1.807) is 24.3 Å². The molecular weight excluding hydrogens is 234 g/mol. The van der Waals surface area contributed by atoms with Crippen molar-refractivity contribution in [1.29, 1.82) is 0 Å². The van der Waals surface area contributed by atoms with Crippen molar-refractivity contribution >= 4 is 11.6 Å². The minimum absolute atomic E-state index is 0.413. The molecule has 1 aromatic carbocycles. The molecule has 0 aromatic heterocycles. The van der Waals surface area contributed by atoms with Gasteiger partial charge in [-0.15, -0.1) is 12.8 Å². The van der Waals surface area contributed by atoms with Gasteiger partial charge in [-0.25, -0.2) is 0 Å². The Morgan fingerprint density at radius 2 is 1.71 bits per heavy atom. The van der Waals surface area contributed by atoms with Gasteiger partial charge < -0.3 is 5.11 Å². The number of benzene rings is 1. The minimum Gasteiger partial charge on any atom is -0.387 e. The van der Waals surface area contributed by atoms with Gasteiger partial charge in [-0.1, -0.05) is 35.6 Å². The third kappa shape index (κ3) is 4.51. The molecule has 3 heteroatoms. The average Bonchev–Trinajstić information content (AvgIpc) is 2.30. The van der Waals surface area contributed by atoms with E-state index in [4.69, 9.17) is 24.4 Å². The fourth-order valence-electron chi connectivity index (χ4n) is 1.48. The zero-order valence-electron chi connectivity index (χ0n) is 9.44. The summed E-state index contributed by atoms with van der Waals surface area (Å²) in [7, 11) is 0. The summed E-state index contributed by atoms with van der Waals surface area (Å²) in [6.07, 6.45) is 9.85. The van der Waals surface area contributed by atoms with Crippen LogP contribution in [0.25, 0.3) is 0 Å². The first-order valence-electron chi connectivity index (χ1n) is 5.20. The zero-order valence-corrected chi connectivity index (χ0v) is 10.2. The van der Waals surface area contributed by atoms with Crippen LogP contribution >= 0.6 is 11.6 Å². The molecule has 0 saturated carbocycles. The van der Waals surface area contributed by atoms with E-state index in [-0.39, 0.29) is 0 Å². The van der Waals surface area contributed by atoms with Crippen molar-refractivity contribution in [3.05, 3.63) is 34.9 Å². The summed E-state index contributed by atoms with van der Waals surface area (Å²) >= 11 is 5.78. The average molecular weight is 248 g/mol. The first kappa shape index (κ1) is 13.6. The summed E-state index contributed by atoms with van der Waals surface area (Å²) in [5.41, 5.74) is 0.799. The second kappa shape index (κ2) is 6.99. The van der Waals surface area contributed by atoms with E-state index in [0.717, 1.165) is 5.56 Å². The highest BCUT2D eigenvalue weighted by Gasteiger charge is 2.12. The van der Waals surface area contributed by atoms with E-state index in [1.165, 1.54) is 0 Å². The van der Waals surface area contributed by atoms with Crippen LogP contribution in [-0.4, -0.2) is 29.6 Å². The van der Waals surface area contributed by atoms with Crippen molar-refractivity contribution in [2.24, 2.45) is 0 Å². The third-order valence-corrected chi connectivity index (χ3v) is 2.57. The van der Waals surface area contributed by atoms with E-state index in [1.807, 2.05) is 4.90 Å². The Labute approximate surface area is 107 Å². The second-order valence-electron chi connectivity index (χ2n) is 3.65. The van der Waals surface area contributed by atoms with Crippen molar-refractivity contribution in [2.75, 3.05) is 19.6 Å². The van der Waals surface area contributed by atoms with E-state index in [0.29, 0.717) is 24.7 Å². The fourth-order valence-corrected chi connectivity index (χ4v) is 1.60. The molecule has 88 valence electrons. The fraction of sp³-hybridized carbons (Fsp3) is 0.286. The molecule has 0 bridgehead atoms. The van der Waals surface area contributed by atoms with Gasteiger partial charge in [0.25, 0.3) is 0 Å². The molecule has 0 heterocycles. The molecule has 0 radical (unpaired) electrons. The highest BCUT2D eigenvalue weighted by Crippen LogP contribution is 2.17. The summed E-state index contributed by atoms with van der Waals surface area (Å²) < 4.78 is 0. The number of hydrogen-bond acceptors (Lipinski definition) is 2. The lowest BCUT2D eigenvalue weighted by Crippen LogP contribution is -2.29. The molecule has 0 spiro atoms. The number of halogens is 1. The Hall–Kier alpha value is -1.45. The predicted molar refractivity (Wildman–Crippen MR) is 70.5 cm³/mol.